The molecule has 0 saturated heterocycles. The Bertz CT molecular complexity index is 596. The molecular formula is C17H24N4O2. The summed E-state index contributed by atoms with van der Waals surface area (Å²) in [6.45, 7) is 1.18. The zero-order valence-electron chi connectivity index (χ0n) is 13.8. The van der Waals surface area contributed by atoms with Crippen LogP contribution in [0.5, 0.6) is 0 Å². The van der Waals surface area contributed by atoms with Crippen molar-refractivity contribution in [1.29, 1.82) is 0 Å². The van der Waals surface area contributed by atoms with Crippen LogP contribution in [-0.2, 0) is 11.3 Å². The fourth-order valence-corrected chi connectivity index (χ4v) is 3.17. The van der Waals surface area contributed by atoms with Crippen molar-refractivity contribution in [2.24, 2.45) is 0 Å². The van der Waals surface area contributed by atoms with Gasteiger partial charge in [-0.15, -0.1) is 0 Å². The summed E-state index contributed by atoms with van der Waals surface area (Å²) in [6.07, 6.45) is 6.66. The van der Waals surface area contributed by atoms with Gasteiger partial charge in [0.15, 0.2) is 5.82 Å². The molecule has 1 aliphatic carbocycles. The third kappa shape index (κ3) is 3.95. The number of nitrogens with zero attached hydrogens (tertiary/aromatic N) is 4. The number of aromatic nitrogens is 3. The molecule has 0 aromatic carbocycles. The van der Waals surface area contributed by atoms with Gasteiger partial charge in [-0.1, -0.05) is 24.1 Å². The summed E-state index contributed by atoms with van der Waals surface area (Å²) < 4.78 is 10.8. The highest BCUT2D eigenvalue weighted by molar-refractivity contribution is 5.09. The van der Waals surface area contributed by atoms with E-state index in [-0.39, 0.29) is 6.04 Å². The smallest absolute Gasteiger partial charge is 0.229 e. The van der Waals surface area contributed by atoms with Crippen LogP contribution in [0.3, 0.4) is 0 Å². The summed E-state index contributed by atoms with van der Waals surface area (Å²) in [4.78, 5) is 11.2. The molecule has 124 valence electrons. The molecule has 0 spiro atoms. The summed E-state index contributed by atoms with van der Waals surface area (Å²) in [5.41, 5.74) is 0.983. The molecule has 6 heteroatoms. The van der Waals surface area contributed by atoms with Crippen molar-refractivity contribution in [2.45, 2.75) is 44.2 Å². The fourth-order valence-electron chi connectivity index (χ4n) is 3.17. The van der Waals surface area contributed by atoms with Crippen LogP contribution in [0.1, 0.15) is 55.1 Å². The lowest BCUT2D eigenvalue weighted by atomic mass is 10.1. The van der Waals surface area contributed by atoms with Crippen molar-refractivity contribution in [1.82, 2.24) is 20.0 Å². The van der Waals surface area contributed by atoms with Crippen molar-refractivity contribution < 1.29 is 9.26 Å². The molecular weight excluding hydrogens is 292 g/mol. The summed E-state index contributed by atoms with van der Waals surface area (Å²) in [7, 11) is 3.74. The van der Waals surface area contributed by atoms with E-state index >= 15 is 0 Å². The molecule has 23 heavy (non-hydrogen) atoms. The van der Waals surface area contributed by atoms with Crippen LogP contribution >= 0.6 is 0 Å². The van der Waals surface area contributed by atoms with Gasteiger partial charge in [0.2, 0.25) is 5.89 Å². The lowest BCUT2D eigenvalue weighted by Crippen LogP contribution is -2.28. The number of pyridine rings is 1. The maximum Gasteiger partial charge on any atom is 0.229 e. The second-order valence-corrected chi connectivity index (χ2v) is 6.17. The topological polar surface area (TPSA) is 64.3 Å². The lowest BCUT2D eigenvalue weighted by molar-refractivity contribution is 0.0980. The fraction of sp³-hybridized carbons (Fsp3) is 0.588. The zero-order chi connectivity index (χ0) is 16.1. The molecule has 1 unspecified atom stereocenters. The predicted octanol–water partition coefficient (Wildman–Crippen LogP) is 2.94. The SMILES string of the molecule is COCC(c1ccccn1)N(C)Cc1noc(C2CCCC2)n1. The Labute approximate surface area is 136 Å². The molecule has 0 bridgehead atoms. The van der Waals surface area contributed by atoms with Gasteiger partial charge in [0.25, 0.3) is 0 Å². The summed E-state index contributed by atoms with van der Waals surface area (Å²) in [5.74, 6) is 1.98. The van der Waals surface area contributed by atoms with Crippen molar-refractivity contribution in [3.8, 4) is 0 Å². The highest BCUT2D eigenvalue weighted by Gasteiger charge is 2.24. The Kier molecular flexibility index (Phi) is 5.35. The average Bonchev–Trinajstić information content (AvgIpc) is 3.24. The Morgan fingerprint density at radius 3 is 2.87 bits per heavy atom. The molecule has 0 radical (unpaired) electrons. The van der Waals surface area contributed by atoms with Gasteiger partial charge in [0.1, 0.15) is 0 Å². The molecule has 3 rings (SSSR count). The molecule has 0 N–H and O–H groups in total. The maximum atomic E-state index is 5.46. The van der Waals surface area contributed by atoms with Crippen LogP contribution in [0.2, 0.25) is 0 Å². The zero-order valence-corrected chi connectivity index (χ0v) is 13.8. The Morgan fingerprint density at radius 2 is 2.17 bits per heavy atom. The molecule has 2 heterocycles. The first-order valence-electron chi connectivity index (χ1n) is 8.20. The Hall–Kier alpha value is -1.79. The van der Waals surface area contributed by atoms with E-state index < -0.39 is 0 Å². The highest BCUT2D eigenvalue weighted by atomic mass is 16.5. The minimum atomic E-state index is 0.0645. The Balaban J connectivity index is 1.67. The number of hydrogen-bond acceptors (Lipinski definition) is 6. The maximum absolute atomic E-state index is 5.46. The van der Waals surface area contributed by atoms with Gasteiger partial charge < -0.3 is 9.26 Å². The van der Waals surface area contributed by atoms with Crippen LogP contribution in [-0.4, -0.2) is 40.8 Å². The van der Waals surface area contributed by atoms with Crippen LogP contribution in [0.15, 0.2) is 28.9 Å². The second-order valence-electron chi connectivity index (χ2n) is 6.17. The second kappa shape index (κ2) is 7.66. The van der Waals surface area contributed by atoms with Gasteiger partial charge in [-0.05, 0) is 32.0 Å². The minimum absolute atomic E-state index is 0.0645. The van der Waals surface area contributed by atoms with E-state index in [1.54, 1.807) is 13.3 Å². The van der Waals surface area contributed by atoms with E-state index in [1.807, 2.05) is 25.2 Å². The summed E-state index contributed by atoms with van der Waals surface area (Å²) >= 11 is 0. The molecule has 1 saturated carbocycles. The van der Waals surface area contributed by atoms with E-state index in [4.69, 9.17) is 9.26 Å². The quantitative estimate of drug-likeness (QED) is 0.782. The first-order chi connectivity index (χ1) is 11.3. The number of rotatable bonds is 7. The molecule has 1 aliphatic rings. The van der Waals surface area contributed by atoms with Crippen LogP contribution in [0.25, 0.3) is 0 Å². The van der Waals surface area contributed by atoms with Crippen molar-refractivity contribution in [2.75, 3.05) is 20.8 Å². The Morgan fingerprint density at radius 1 is 1.35 bits per heavy atom. The van der Waals surface area contributed by atoms with E-state index in [9.17, 15) is 0 Å². The van der Waals surface area contributed by atoms with E-state index in [2.05, 4.69) is 20.0 Å². The van der Waals surface area contributed by atoms with Gasteiger partial charge in [0.05, 0.1) is 24.9 Å². The molecule has 2 aromatic rings. The molecule has 1 fully saturated rings. The van der Waals surface area contributed by atoms with Gasteiger partial charge in [-0.2, -0.15) is 4.98 Å². The monoisotopic (exact) mass is 316 g/mol. The third-order valence-electron chi connectivity index (χ3n) is 4.46. The lowest BCUT2D eigenvalue weighted by Gasteiger charge is -2.25. The standard InChI is InChI=1S/C17H24N4O2/c1-21(15(12-22-2)14-9-5-6-10-18-14)11-16-19-17(23-20-16)13-7-3-4-8-13/h5-6,9-10,13,15H,3-4,7-8,11-12H2,1-2H3. The molecule has 1 atom stereocenters. The van der Waals surface area contributed by atoms with Crippen LogP contribution in [0, 0.1) is 0 Å². The normalized spacial score (nSPS) is 17.0. The van der Waals surface area contributed by atoms with E-state index in [0.717, 1.165) is 30.3 Å². The predicted molar refractivity (Wildman–Crippen MR) is 85.8 cm³/mol. The van der Waals surface area contributed by atoms with E-state index in [0.29, 0.717) is 19.1 Å². The molecule has 6 nitrogen and oxygen atoms in total. The third-order valence-corrected chi connectivity index (χ3v) is 4.46. The minimum Gasteiger partial charge on any atom is -0.383 e. The summed E-state index contributed by atoms with van der Waals surface area (Å²) in [6, 6.07) is 5.99. The number of ether oxygens (including phenoxy) is 1. The number of likely N-dealkylation sites (N-methyl/N-ethyl adjacent to an activating group) is 1. The van der Waals surface area contributed by atoms with E-state index in [1.165, 1.54) is 12.8 Å². The van der Waals surface area contributed by atoms with Crippen LogP contribution in [0.4, 0.5) is 0 Å². The van der Waals surface area contributed by atoms with Gasteiger partial charge in [-0.3, -0.25) is 9.88 Å². The first-order valence-corrected chi connectivity index (χ1v) is 8.20. The highest BCUT2D eigenvalue weighted by Crippen LogP contribution is 2.33. The molecule has 2 aromatic heterocycles. The van der Waals surface area contributed by atoms with Crippen molar-refractivity contribution in [3.05, 3.63) is 41.8 Å². The van der Waals surface area contributed by atoms with Crippen molar-refractivity contribution in [3.63, 3.8) is 0 Å². The number of hydrogen-bond donors (Lipinski definition) is 0. The largest absolute Gasteiger partial charge is 0.383 e. The number of methoxy groups -OCH3 is 1. The van der Waals surface area contributed by atoms with Gasteiger partial charge >= 0.3 is 0 Å². The summed E-state index contributed by atoms with van der Waals surface area (Å²) in [5, 5.41) is 4.15. The average molecular weight is 316 g/mol. The molecule has 0 amide bonds. The van der Waals surface area contributed by atoms with Crippen molar-refractivity contribution >= 4 is 0 Å². The first kappa shape index (κ1) is 16.1. The van der Waals surface area contributed by atoms with Crippen LogP contribution < -0.4 is 0 Å². The van der Waals surface area contributed by atoms with Gasteiger partial charge in [0, 0.05) is 19.2 Å². The molecule has 0 aliphatic heterocycles. The van der Waals surface area contributed by atoms with Gasteiger partial charge in [-0.25, -0.2) is 0 Å².